The van der Waals surface area contributed by atoms with Crippen LogP contribution in [0.5, 0.6) is 0 Å². The molecule has 3 N–H and O–H groups in total. The minimum atomic E-state index is -1.07. The number of anilines is 2. The lowest BCUT2D eigenvalue weighted by atomic mass is 9.94. The van der Waals surface area contributed by atoms with Gasteiger partial charge in [-0.05, 0) is 37.6 Å². The quantitative estimate of drug-likeness (QED) is 0.799. The lowest BCUT2D eigenvalue weighted by Gasteiger charge is -2.19. The Balaban J connectivity index is 1.88. The van der Waals surface area contributed by atoms with Crippen LogP contribution in [0.2, 0.25) is 0 Å². The van der Waals surface area contributed by atoms with Crippen LogP contribution in [0.25, 0.3) is 0 Å². The number of fused-ring (bicyclic) bond motifs is 1. The molecule has 1 aliphatic rings. The fraction of sp³-hybridized carbons (Fsp3) is 0.200. The van der Waals surface area contributed by atoms with Gasteiger partial charge in [-0.25, -0.2) is 14.8 Å². The molecule has 0 unspecified atom stereocenters. The topological polar surface area (TPSA) is 104 Å². The van der Waals surface area contributed by atoms with E-state index in [4.69, 9.17) is 5.11 Å². The van der Waals surface area contributed by atoms with E-state index < -0.39 is 11.5 Å². The summed E-state index contributed by atoms with van der Waals surface area (Å²) in [5.41, 5.74) is 1.86. The van der Waals surface area contributed by atoms with Gasteiger partial charge >= 0.3 is 5.97 Å². The lowest BCUT2D eigenvalue weighted by Crippen LogP contribution is -2.32. The Morgan fingerprint density at radius 1 is 1.27 bits per heavy atom. The summed E-state index contributed by atoms with van der Waals surface area (Å²) in [6.07, 6.45) is 2.47. The zero-order valence-electron chi connectivity index (χ0n) is 12.0. The second kappa shape index (κ2) is 4.80. The number of nitrogens with zero attached hydrogens (tertiary/aromatic N) is 2. The molecule has 0 atom stereocenters. The van der Waals surface area contributed by atoms with Gasteiger partial charge in [0.1, 0.15) is 0 Å². The molecule has 0 fully saturated rings. The average molecular weight is 298 g/mol. The number of nitrogens with one attached hydrogen (secondary N) is 2. The fourth-order valence-electron chi connectivity index (χ4n) is 2.39. The van der Waals surface area contributed by atoms with Crippen LogP contribution in [-0.2, 0) is 5.54 Å². The summed E-state index contributed by atoms with van der Waals surface area (Å²) in [6, 6.07) is 5.36. The molecule has 0 bridgehead atoms. The molecule has 0 aliphatic carbocycles. The fourth-order valence-corrected chi connectivity index (χ4v) is 2.39. The predicted octanol–water partition coefficient (Wildman–Crippen LogP) is 1.90. The van der Waals surface area contributed by atoms with E-state index in [1.54, 1.807) is 12.1 Å². The number of aromatic nitrogens is 2. The van der Waals surface area contributed by atoms with Crippen LogP contribution in [0.4, 0.5) is 11.6 Å². The Kier molecular flexibility index (Phi) is 3.05. The van der Waals surface area contributed by atoms with Gasteiger partial charge in [0.15, 0.2) is 0 Å². The number of benzene rings is 1. The molecule has 2 aromatic rings. The molecule has 1 amide bonds. The van der Waals surface area contributed by atoms with Crippen molar-refractivity contribution in [3.8, 4) is 0 Å². The maximum absolute atomic E-state index is 11.8. The van der Waals surface area contributed by atoms with Crippen molar-refractivity contribution in [1.29, 1.82) is 0 Å². The van der Waals surface area contributed by atoms with Gasteiger partial charge in [0.25, 0.3) is 5.91 Å². The number of carbonyl (C=O) groups excluding carboxylic acids is 1. The molecular formula is C15H14N4O3. The molecule has 0 radical (unpaired) electrons. The molecule has 1 aromatic heterocycles. The van der Waals surface area contributed by atoms with E-state index in [1.165, 1.54) is 12.4 Å². The third-order valence-corrected chi connectivity index (χ3v) is 3.52. The van der Waals surface area contributed by atoms with Crippen molar-refractivity contribution < 1.29 is 14.7 Å². The van der Waals surface area contributed by atoms with Crippen LogP contribution in [0, 0.1) is 0 Å². The van der Waals surface area contributed by atoms with Gasteiger partial charge in [-0.2, -0.15) is 0 Å². The van der Waals surface area contributed by atoms with E-state index in [-0.39, 0.29) is 11.5 Å². The van der Waals surface area contributed by atoms with Crippen molar-refractivity contribution in [3.05, 3.63) is 47.3 Å². The molecule has 1 aliphatic heterocycles. The zero-order chi connectivity index (χ0) is 15.9. The number of hydrogen-bond donors (Lipinski definition) is 3. The smallest absolute Gasteiger partial charge is 0.338 e. The zero-order valence-corrected chi connectivity index (χ0v) is 12.0. The second-order valence-corrected chi connectivity index (χ2v) is 5.56. The molecule has 0 spiro atoms. The molecule has 7 heteroatoms. The first-order chi connectivity index (χ1) is 10.4. The Morgan fingerprint density at radius 2 is 1.95 bits per heavy atom. The number of aromatic carboxylic acids is 1. The number of amides is 1. The van der Waals surface area contributed by atoms with Crippen molar-refractivity contribution >= 4 is 23.5 Å². The number of carbonyl (C=O) groups is 2. The van der Waals surface area contributed by atoms with Crippen molar-refractivity contribution in [2.75, 3.05) is 5.32 Å². The van der Waals surface area contributed by atoms with Crippen molar-refractivity contribution in [3.63, 3.8) is 0 Å². The Morgan fingerprint density at radius 3 is 2.59 bits per heavy atom. The molecule has 7 nitrogen and oxygen atoms in total. The predicted molar refractivity (Wildman–Crippen MR) is 79.2 cm³/mol. The van der Waals surface area contributed by atoms with Gasteiger partial charge < -0.3 is 15.7 Å². The summed E-state index contributed by atoms with van der Waals surface area (Å²) in [4.78, 5) is 30.5. The summed E-state index contributed by atoms with van der Waals surface area (Å²) < 4.78 is 0. The van der Waals surface area contributed by atoms with Crippen LogP contribution in [-0.4, -0.2) is 27.0 Å². The summed E-state index contributed by atoms with van der Waals surface area (Å²) in [6.45, 7) is 3.86. The van der Waals surface area contributed by atoms with Gasteiger partial charge in [-0.1, -0.05) is 0 Å². The average Bonchev–Trinajstić information content (AvgIpc) is 2.69. The Labute approximate surface area is 126 Å². The first-order valence-corrected chi connectivity index (χ1v) is 6.66. The molecule has 22 heavy (non-hydrogen) atoms. The maximum Gasteiger partial charge on any atom is 0.338 e. The second-order valence-electron chi connectivity index (χ2n) is 5.56. The summed E-state index contributed by atoms with van der Waals surface area (Å²) in [5, 5.41) is 14.7. The number of hydrogen-bond acceptors (Lipinski definition) is 5. The van der Waals surface area contributed by atoms with E-state index in [9.17, 15) is 9.59 Å². The Hall–Kier alpha value is -2.96. The molecule has 0 saturated heterocycles. The summed E-state index contributed by atoms with van der Waals surface area (Å²) in [5.74, 6) is -0.871. The van der Waals surface area contributed by atoms with E-state index in [0.29, 0.717) is 11.5 Å². The van der Waals surface area contributed by atoms with Gasteiger partial charge in [0, 0.05) is 23.6 Å². The molecular weight excluding hydrogens is 284 g/mol. The SMILES string of the molecule is CC1(C)NC(=O)c2ccc(Nc3ncc(C(=O)O)cn3)cc21. The monoisotopic (exact) mass is 298 g/mol. The largest absolute Gasteiger partial charge is 0.478 e. The Bertz CT molecular complexity index is 769. The van der Waals surface area contributed by atoms with E-state index >= 15 is 0 Å². The number of carboxylic acid groups (broad SMARTS) is 1. The van der Waals surface area contributed by atoms with Crippen molar-refractivity contribution in [2.45, 2.75) is 19.4 Å². The highest BCUT2D eigenvalue weighted by Gasteiger charge is 2.34. The third-order valence-electron chi connectivity index (χ3n) is 3.52. The van der Waals surface area contributed by atoms with Crippen LogP contribution in [0.1, 0.15) is 40.1 Å². The molecule has 112 valence electrons. The van der Waals surface area contributed by atoms with Crippen LogP contribution in [0.3, 0.4) is 0 Å². The van der Waals surface area contributed by atoms with E-state index in [0.717, 1.165) is 11.3 Å². The van der Waals surface area contributed by atoms with Gasteiger partial charge in [0.05, 0.1) is 11.1 Å². The van der Waals surface area contributed by atoms with Crippen LogP contribution in [0.15, 0.2) is 30.6 Å². The van der Waals surface area contributed by atoms with E-state index in [2.05, 4.69) is 20.6 Å². The molecule has 2 heterocycles. The lowest BCUT2D eigenvalue weighted by molar-refractivity contribution is 0.0695. The highest BCUT2D eigenvalue weighted by atomic mass is 16.4. The van der Waals surface area contributed by atoms with Crippen LogP contribution >= 0.6 is 0 Å². The van der Waals surface area contributed by atoms with Gasteiger partial charge in [-0.3, -0.25) is 4.79 Å². The van der Waals surface area contributed by atoms with Gasteiger partial charge in [-0.15, -0.1) is 0 Å². The minimum absolute atomic E-state index is 0.0235. The minimum Gasteiger partial charge on any atom is -0.478 e. The third kappa shape index (κ3) is 2.37. The van der Waals surface area contributed by atoms with Crippen molar-refractivity contribution in [2.24, 2.45) is 0 Å². The molecule has 0 saturated carbocycles. The standard InChI is InChI=1S/C15H14N4O3/c1-15(2)11-5-9(3-4-10(11)12(20)19-15)18-14-16-6-8(7-17-14)13(21)22/h3-7H,1-2H3,(H,19,20)(H,21,22)(H,16,17,18). The summed E-state index contributed by atoms with van der Waals surface area (Å²) in [7, 11) is 0. The first kappa shape index (κ1) is 14.0. The van der Waals surface area contributed by atoms with Crippen molar-refractivity contribution in [1.82, 2.24) is 15.3 Å². The normalized spacial score (nSPS) is 15.1. The highest BCUT2D eigenvalue weighted by Crippen LogP contribution is 2.32. The molecule has 1 aromatic carbocycles. The van der Waals surface area contributed by atoms with Gasteiger partial charge in [0.2, 0.25) is 5.95 Å². The molecule has 3 rings (SSSR count). The maximum atomic E-state index is 11.8. The highest BCUT2D eigenvalue weighted by molar-refractivity contribution is 6.00. The van der Waals surface area contributed by atoms with Crippen LogP contribution < -0.4 is 10.6 Å². The number of rotatable bonds is 3. The van der Waals surface area contributed by atoms with E-state index in [1.807, 2.05) is 19.9 Å². The number of carboxylic acids is 1. The first-order valence-electron chi connectivity index (χ1n) is 6.66. The summed E-state index contributed by atoms with van der Waals surface area (Å²) >= 11 is 0.